The third kappa shape index (κ3) is 2.66. The Morgan fingerprint density at radius 1 is 1.35 bits per heavy atom. The van der Waals surface area contributed by atoms with Gasteiger partial charge >= 0.3 is 0 Å². The first kappa shape index (κ1) is 11.3. The first-order valence-electron chi connectivity index (χ1n) is 5.27. The molecule has 0 spiro atoms. The summed E-state index contributed by atoms with van der Waals surface area (Å²) in [5, 5.41) is 9.64. The van der Waals surface area contributed by atoms with Gasteiger partial charge in [-0.2, -0.15) is 4.98 Å². The summed E-state index contributed by atoms with van der Waals surface area (Å²) in [5.74, 6) is 1.63. The molecule has 0 aliphatic rings. The quantitative estimate of drug-likeness (QED) is 0.745. The molecular formula is C11H15N5O. The van der Waals surface area contributed by atoms with Crippen LogP contribution in [0.1, 0.15) is 18.5 Å². The van der Waals surface area contributed by atoms with Crippen LogP contribution in [0.2, 0.25) is 0 Å². The Hall–Kier alpha value is -2.24. The fourth-order valence-corrected chi connectivity index (χ4v) is 1.51. The maximum atomic E-state index is 5.45. The number of anilines is 2. The van der Waals surface area contributed by atoms with E-state index in [2.05, 4.69) is 20.5 Å². The molecule has 2 rings (SSSR count). The predicted octanol–water partition coefficient (Wildman–Crippen LogP) is 1.57. The Morgan fingerprint density at radius 3 is 2.59 bits per heavy atom. The van der Waals surface area contributed by atoms with E-state index >= 15 is 0 Å². The Labute approximate surface area is 99.2 Å². The molecule has 90 valence electrons. The Bertz CT molecular complexity index is 479. The lowest BCUT2D eigenvalue weighted by Gasteiger charge is -2.12. The van der Waals surface area contributed by atoms with Crippen LogP contribution in [0.25, 0.3) is 0 Å². The second kappa shape index (κ2) is 4.73. The van der Waals surface area contributed by atoms with Gasteiger partial charge in [0.15, 0.2) is 0 Å². The molecule has 4 N–H and O–H groups in total. The van der Waals surface area contributed by atoms with Gasteiger partial charge in [-0.25, -0.2) is 5.10 Å². The van der Waals surface area contributed by atoms with E-state index in [-0.39, 0.29) is 6.04 Å². The maximum absolute atomic E-state index is 5.45. The zero-order valence-corrected chi connectivity index (χ0v) is 9.77. The number of benzene rings is 1. The van der Waals surface area contributed by atoms with Crippen LogP contribution < -0.4 is 15.8 Å². The van der Waals surface area contributed by atoms with Gasteiger partial charge in [-0.3, -0.25) is 0 Å². The number of methoxy groups -OCH3 is 1. The molecule has 17 heavy (non-hydrogen) atoms. The van der Waals surface area contributed by atoms with Gasteiger partial charge in [-0.1, -0.05) is 12.1 Å². The number of ether oxygens (including phenoxy) is 1. The molecule has 0 radical (unpaired) electrons. The average Bonchev–Trinajstić information content (AvgIpc) is 2.75. The minimum atomic E-state index is 0.0936. The van der Waals surface area contributed by atoms with E-state index in [9.17, 15) is 0 Å². The predicted molar refractivity (Wildman–Crippen MR) is 65.8 cm³/mol. The highest BCUT2D eigenvalue weighted by atomic mass is 16.5. The smallest absolute Gasteiger partial charge is 0.244 e. The summed E-state index contributed by atoms with van der Waals surface area (Å²) in [5.41, 5.74) is 6.56. The van der Waals surface area contributed by atoms with E-state index in [1.165, 1.54) is 0 Å². The summed E-state index contributed by atoms with van der Waals surface area (Å²) in [6.07, 6.45) is 0. The number of nitrogens with one attached hydrogen (secondary N) is 2. The summed E-state index contributed by atoms with van der Waals surface area (Å²) >= 11 is 0. The van der Waals surface area contributed by atoms with Crippen LogP contribution in [-0.4, -0.2) is 22.3 Å². The summed E-state index contributed by atoms with van der Waals surface area (Å²) in [4.78, 5) is 3.99. The molecule has 0 fully saturated rings. The first-order valence-corrected chi connectivity index (χ1v) is 5.27. The number of aromatic nitrogens is 3. The van der Waals surface area contributed by atoms with Crippen molar-refractivity contribution >= 4 is 11.9 Å². The van der Waals surface area contributed by atoms with Crippen LogP contribution in [0, 0.1) is 0 Å². The number of aromatic amines is 1. The lowest BCUT2D eigenvalue weighted by Crippen LogP contribution is -2.07. The largest absolute Gasteiger partial charge is 0.497 e. The highest BCUT2D eigenvalue weighted by molar-refractivity contribution is 5.36. The highest BCUT2D eigenvalue weighted by Gasteiger charge is 2.08. The Balaban J connectivity index is 2.06. The van der Waals surface area contributed by atoms with E-state index in [4.69, 9.17) is 10.5 Å². The molecule has 0 unspecified atom stereocenters. The van der Waals surface area contributed by atoms with E-state index < -0.39 is 0 Å². The van der Waals surface area contributed by atoms with Crippen molar-refractivity contribution in [3.8, 4) is 5.75 Å². The second-order valence-electron chi connectivity index (χ2n) is 3.68. The van der Waals surface area contributed by atoms with Crippen LogP contribution in [0.15, 0.2) is 24.3 Å². The maximum Gasteiger partial charge on any atom is 0.244 e. The minimum Gasteiger partial charge on any atom is -0.497 e. The molecular weight excluding hydrogens is 218 g/mol. The van der Waals surface area contributed by atoms with Gasteiger partial charge in [0, 0.05) is 0 Å². The van der Waals surface area contributed by atoms with E-state index in [1.807, 2.05) is 31.2 Å². The summed E-state index contributed by atoms with van der Waals surface area (Å²) in [6, 6.07) is 7.91. The van der Waals surface area contributed by atoms with Gasteiger partial charge in [0.25, 0.3) is 0 Å². The second-order valence-corrected chi connectivity index (χ2v) is 3.68. The number of hydrogen-bond donors (Lipinski definition) is 3. The molecule has 6 nitrogen and oxygen atoms in total. The monoisotopic (exact) mass is 233 g/mol. The molecule has 0 saturated heterocycles. The number of nitrogen functional groups attached to an aromatic ring is 1. The Morgan fingerprint density at radius 2 is 2.06 bits per heavy atom. The van der Waals surface area contributed by atoms with E-state index in [0.717, 1.165) is 11.3 Å². The van der Waals surface area contributed by atoms with Crippen LogP contribution in [0.3, 0.4) is 0 Å². The van der Waals surface area contributed by atoms with Gasteiger partial charge in [0.05, 0.1) is 13.2 Å². The van der Waals surface area contributed by atoms with Crippen molar-refractivity contribution in [2.24, 2.45) is 0 Å². The molecule has 1 aromatic heterocycles. The van der Waals surface area contributed by atoms with Crippen molar-refractivity contribution in [1.29, 1.82) is 0 Å². The molecule has 1 heterocycles. The van der Waals surface area contributed by atoms with Crippen molar-refractivity contribution in [3.05, 3.63) is 29.8 Å². The SMILES string of the molecule is COc1ccc([C@@H](C)Nc2n[nH]c(N)n2)cc1. The number of hydrogen-bond acceptors (Lipinski definition) is 5. The van der Waals surface area contributed by atoms with Crippen molar-refractivity contribution in [1.82, 2.24) is 15.2 Å². The topological polar surface area (TPSA) is 88.8 Å². The number of nitrogens with two attached hydrogens (primary N) is 1. The van der Waals surface area contributed by atoms with Crippen molar-refractivity contribution in [2.75, 3.05) is 18.2 Å². The Kier molecular flexibility index (Phi) is 3.13. The van der Waals surface area contributed by atoms with Crippen LogP contribution in [0.4, 0.5) is 11.9 Å². The zero-order chi connectivity index (χ0) is 12.3. The molecule has 6 heteroatoms. The lowest BCUT2D eigenvalue weighted by atomic mass is 10.1. The van der Waals surface area contributed by atoms with Crippen molar-refractivity contribution in [2.45, 2.75) is 13.0 Å². The molecule has 0 bridgehead atoms. The van der Waals surface area contributed by atoms with Crippen LogP contribution in [0.5, 0.6) is 5.75 Å². The van der Waals surface area contributed by atoms with Gasteiger partial charge in [0.2, 0.25) is 11.9 Å². The normalized spacial score (nSPS) is 12.1. The molecule has 1 atom stereocenters. The molecule has 0 aliphatic heterocycles. The van der Waals surface area contributed by atoms with E-state index in [1.54, 1.807) is 7.11 Å². The van der Waals surface area contributed by atoms with Gasteiger partial charge in [0.1, 0.15) is 5.75 Å². The fraction of sp³-hybridized carbons (Fsp3) is 0.273. The first-order chi connectivity index (χ1) is 8.19. The molecule has 2 aromatic rings. The van der Waals surface area contributed by atoms with Gasteiger partial charge < -0.3 is 15.8 Å². The van der Waals surface area contributed by atoms with Gasteiger partial charge in [-0.05, 0) is 24.6 Å². The highest BCUT2D eigenvalue weighted by Crippen LogP contribution is 2.19. The summed E-state index contributed by atoms with van der Waals surface area (Å²) < 4.78 is 5.10. The third-order valence-electron chi connectivity index (χ3n) is 2.46. The minimum absolute atomic E-state index is 0.0936. The van der Waals surface area contributed by atoms with Crippen LogP contribution in [-0.2, 0) is 0 Å². The lowest BCUT2D eigenvalue weighted by molar-refractivity contribution is 0.414. The third-order valence-corrected chi connectivity index (χ3v) is 2.46. The van der Waals surface area contributed by atoms with Crippen LogP contribution >= 0.6 is 0 Å². The standard InChI is InChI=1S/C11H15N5O/c1-7(13-11-14-10(12)15-16-11)8-3-5-9(17-2)6-4-8/h3-7H,1-2H3,(H4,12,13,14,15,16)/t7-/m1/s1. The molecule has 0 aliphatic carbocycles. The number of rotatable bonds is 4. The number of nitrogens with zero attached hydrogens (tertiary/aromatic N) is 2. The average molecular weight is 233 g/mol. The molecule has 0 saturated carbocycles. The summed E-state index contributed by atoms with van der Waals surface area (Å²) in [7, 11) is 1.65. The summed E-state index contributed by atoms with van der Waals surface area (Å²) in [6.45, 7) is 2.02. The number of H-pyrrole nitrogens is 1. The van der Waals surface area contributed by atoms with Crippen molar-refractivity contribution in [3.63, 3.8) is 0 Å². The van der Waals surface area contributed by atoms with Crippen molar-refractivity contribution < 1.29 is 4.74 Å². The molecule has 1 aromatic carbocycles. The van der Waals surface area contributed by atoms with Gasteiger partial charge in [-0.15, -0.1) is 5.10 Å². The zero-order valence-electron chi connectivity index (χ0n) is 9.77. The van der Waals surface area contributed by atoms with E-state index in [0.29, 0.717) is 11.9 Å². The fourth-order valence-electron chi connectivity index (χ4n) is 1.51. The molecule has 0 amide bonds.